The topological polar surface area (TPSA) is 75.7 Å². The number of hydrogen-bond acceptors (Lipinski definition) is 5. The van der Waals surface area contributed by atoms with Crippen LogP contribution in [0.25, 0.3) is 0 Å². The number of benzene rings is 2. The summed E-state index contributed by atoms with van der Waals surface area (Å²) in [5.74, 6) is -0.541. The molecule has 6 nitrogen and oxygen atoms in total. The smallest absolute Gasteiger partial charge is 0.330 e. The van der Waals surface area contributed by atoms with Gasteiger partial charge in [-0.15, -0.1) is 11.8 Å². The Kier molecular flexibility index (Phi) is 5.09. The number of carbonyl (C=O) groups excluding carboxylic acids is 3. The Morgan fingerprint density at radius 3 is 2.50 bits per heavy atom. The lowest BCUT2D eigenvalue weighted by molar-refractivity contribution is -0.155. The number of nitrogens with one attached hydrogen (secondary N) is 1. The second-order valence-electron chi connectivity index (χ2n) is 6.76. The summed E-state index contributed by atoms with van der Waals surface area (Å²) in [4.78, 5) is 38.4. The fourth-order valence-electron chi connectivity index (χ4n) is 3.77. The summed E-state index contributed by atoms with van der Waals surface area (Å²) in [6.45, 7) is -0.380. The molecule has 28 heavy (non-hydrogen) atoms. The second-order valence-corrected chi connectivity index (χ2v) is 8.06. The maximum Gasteiger partial charge on any atom is 0.330 e. The van der Waals surface area contributed by atoms with E-state index >= 15 is 0 Å². The number of carbonyl (C=O) groups is 3. The van der Waals surface area contributed by atoms with Gasteiger partial charge in [0.25, 0.3) is 5.91 Å². The van der Waals surface area contributed by atoms with Gasteiger partial charge >= 0.3 is 5.97 Å². The Bertz CT molecular complexity index is 890. The van der Waals surface area contributed by atoms with Crippen LogP contribution in [0.2, 0.25) is 0 Å². The molecule has 2 aliphatic heterocycles. The molecular weight excluding hydrogens is 376 g/mol. The van der Waals surface area contributed by atoms with E-state index < -0.39 is 22.8 Å². The highest BCUT2D eigenvalue weighted by atomic mass is 32.2. The normalized spacial score (nSPS) is 23.4. The molecule has 0 aromatic heterocycles. The molecule has 1 N–H and O–H groups in total. The van der Waals surface area contributed by atoms with E-state index in [0.717, 1.165) is 5.56 Å². The second kappa shape index (κ2) is 7.67. The summed E-state index contributed by atoms with van der Waals surface area (Å²) in [6.07, 6.45) is 1.07. The molecule has 0 unspecified atom stereocenters. The fourth-order valence-corrected chi connectivity index (χ4v) is 5.40. The van der Waals surface area contributed by atoms with Crippen molar-refractivity contribution in [2.75, 3.05) is 17.7 Å². The first-order valence-electron chi connectivity index (χ1n) is 9.13. The Labute approximate surface area is 167 Å². The van der Waals surface area contributed by atoms with Crippen molar-refractivity contribution in [1.29, 1.82) is 0 Å². The average molecular weight is 396 g/mol. The van der Waals surface area contributed by atoms with Gasteiger partial charge in [-0.25, -0.2) is 4.79 Å². The van der Waals surface area contributed by atoms with E-state index in [0.29, 0.717) is 24.3 Å². The first-order chi connectivity index (χ1) is 13.6. The number of anilines is 1. The van der Waals surface area contributed by atoms with Crippen molar-refractivity contribution in [3.8, 4) is 0 Å². The van der Waals surface area contributed by atoms with Gasteiger partial charge in [0, 0.05) is 17.9 Å². The summed E-state index contributed by atoms with van der Waals surface area (Å²) in [5.41, 5.74) is 1.65. The van der Waals surface area contributed by atoms with E-state index in [-0.39, 0.29) is 12.5 Å². The molecule has 0 saturated carbocycles. The Morgan fingerprint density at radius 1 is 1.11 bits per heavy atom. The lowest BCUT2D eigenvalue weighted by Crippen LogP contribution is -2.47. The van der Waals surface area contributed by atoms with Gasteiger partial charge in [0.05, 0.1) is 0 Å². The van der Waals surface area contributed by atoms with Crippen LogP contribution in [0.15, 0.2) is 60.7 Å². The maximum absolute atomic E-state index is 12.7. The molecule has 2 aromatic carbocycles. The molecule has 144 valence electrons. The van der Waals surface area contributed by atoms with Crippen molar-refractivity contribution in [3.63, 3.8) is 0 Å². The number of rotatable bonds is 5. The zero-order valence-electron chi connectivity index (χ0n) is 15.2. The standard InChI is InChI=1S/C21H20N2O4S/c24-18(22-16-9-5-2-6-10-16)13-27-20(26)17-14-28-21(12-11-19(25)23(17)21)15-7-3-1-4-8-15/h1-10,17H,11-14H2,(H,22,24)/t17-,21-/m1/s1. The number of thioether (sulfide) groups is 1. The largest absolute Gasteiger partial charge is 0.454 e. The Morgan fingerprint density at radius 2 is 1.79 bits per heavy atom. The highest BCUT2D eigenvalue weighted by Crippen LogP contribution is 2.54. The predicted octanol–water partition coefficient (Wildman–Crippen LogP) is 2.76. The highest BCUT2D eigenvalue weighted by Gasteiger charge is 2.57. The molecule has 4 rings (SSSR count). The molecular formula is C21H20N2O4S. The lowest BCUT2D eigenvalue weighted by Gasteiger charge is -2.33. The number of ether oxygens (including phenoxy) is 1. The van der Waals surface area contributed by atoms with Crippen LogP contribution >= 0.6 is 11.8 Å². The lowest BCUT2D eigenvalue weighted by atomic mass is 10.0. The maximum atomic E-state index is 12.7. The minimum absolute atomic E-state index is 0.0514. The minimum Gasteiger partial charge on any atom is -0.454 e. The van der Waals surface area contributed by atoms with Gasteiger partial charge in [0.2, 0.25) is 5.91 Å². The average Bonchev–Trinajstić information content (AvgIpc) is 3.27. The van der Waals surface area contributed by atoms with Crippen molar-refractivity contribution in [2.45, 2.75) is 23.8 Å². The zero-order chi connectivity index (χ0) is 19.6. The quantitative estimate of drug-likeness (QED) is 0.787. The van der Waals surface area contributed by atoms with Gasteiger partial charge in [-0.2, -0.15) is 0 Å². The van der Waals surface area contributed by atoms with E-state index in [2.05, 4.69) is 5.32 Å². The van der Waals surface area contributed by atoms with Gasteiger partial charge in [0.1, 0.15) is 10.9 Å². The van der Waals surface area contributed by atoms with Crippen LogP contribution in [0.5, 0.6) is 0 Å². The van der Waals surface area contributed by atoms with E-state index in [1.807, 2.05) is 36.4 Å². The number of fused-ring (bicyclic) bond motifs is 1. The summed E-state index contributed by atoms with van der Waals surface area (Å²) in [6, 6.07) is 18.1. The van der Waals surface area contributed by atoms with Crippen molar-refractivity contribution >= 4 is 35.2 Å². The van der Waals surface area contributed by atoms with E-state index in [1.165, 1.54) is 0 Å². The molecule has 2 atom stereocenters. The van der Waals surface area contributed by atoms with E-state index in [4.69, 9.17) is 4.74 Å². The Balaban J connectivity index is 1.42. The third-order valence-electron chi connectivity index (χ3n) is 5.03. The monoisotopic (exact) mass is 396 g/mol. The van der Waals surface area contributed by atoms with Crippen molar-refractivity contribution < 1.29 is 19.1 Å². The van der Waals surface area contributed by atoms with Crippen LogP contribution in [0.1, 0.15) is 18.4 Å². The number of esters is 1. The van der Waals surface area contributed by atoms with Gasteiger partial charge in [-0.1, -0.05) is 48.5 Å². The third kappa shape index (κ3) is 3.38. The fraction of sp³-hybridized carbons (Fsp3) is 0.286. The first kappa shape index (κ1) is 18.6. The van der Waals surface area contributed by atoms with Gasteiger partial charge in [0.15, 0.2) is 6.61 Å². The number of nitrogens with zero attached hydrogens (tertiary/aromatic N) is 1. The molecule has 2 aromatic rings. The molecule has 0 bridgehead atoms. The predicted molar refractivity (Wildman–Crippen MR) is 106 cm³/mol. The molecule has 2 heterocycles. The van der Waals surface area contributed by atoms with Crippen LogP contribution < -0.4 is 5.32 Å². The summed E-state index contributed by atoms with van der Waals surface area (Å²) in [7, 11) is 0. The van der Waals surface area contributed by atoms with Crippen LogP contribution in [-0.4, -0.2) is 41.1 Å². The van der Waals surface area contributed by atoms with Gasteiger partial charge < -0.3 is 15.0 Å². The number of amides is 2. The third-order valence-corrected chi connectivity index (χ3v) is 6.62. The first-order valence-corrected chi connectivity index (χ1v) is 10.1. The molecule has 0 radical (unpaired) electrons. The zero-order valence-corrected chi connectivity index (χ0v) is 16.0. The summed E-state index contributed by atoms with van der Waals surface area (Å²) >= 11 is 1.59. The number of hydrogen-bond donors (Lipinski definition) is 1. The number of para-hydroxylation sites is 1. The SMILES string of the molecule is O=C(COC(=O)[C@H]1CS[C@@]2(c3ccccc3)CCC(=O)N12)Nc1ccccc1. The Hall–Kier alpha value is -2.80. The molecule has 7 heteroatoms. The van der Waals surface area contributed by atoms with Crippen LogP contribution in [-0.2, 0) is 24.0 Å². The summed E-state index contributed by atoms with van der Waals surface area (Å²) < 4.78 is 5.24. The van der Waals surface area contributed by atoms with E-state index in [1.54, 1.807) is 40.9 Å². The molecule has 2 amide bonds. The van der Waals surface area contributed by atoms with Crippen molar-refractivity contribution in [1.82, 2.24) is 4.90 Å². The van der Waals surface area contributed by atoms with Gasteiger partial charge in [-0.05, 0) is 24.1 Å². The molecule has 2 aliphatic rings. The minimum atomic E-state index is -0.676. The van der Waals surface area contributed by atoms with Crippen molar-refractivity contribution in [2.24, 2.45) is 0 Å². The summed E-state index contributed by atoms with van der Waals surface area (Å²) in [5, 5.41) is 2.67. The molecule has 0 spiro atoms. The van der Waals surface area contributed by atoms with E-state index in [9.17, 15) is 14.4 Å². The molecule has 2 saturated heterocycles. The van der Waals surface area contributed by atoms with Crippen LogP contribution in [0.4, 0.5) is 5.69 Å². The van der Waals surface area contributed by atoms with Crippen LogP contribution in [0, 0.1) is 0 Å². The van der Waals surface area contributed by atoms with Crippen molar-refractivity contribution in [3.05, 3.63) is 66.2 Å². The van der Waals surface area contributed by atoms with Crippen LogP contribution in [0.3, 0.4) is 0 Å². The highest BCUT2D eigenvalue weighted by molar-refractivity contribution is 8.00. The molecule has 2 fully saturated rings. The molecule has 0 aliphatic carbocycles. The van der Waals surface area contributed by atoms with Gasteiger partial charge in [-0.3, -0.25) is 9.59 Å².